The number of para-hydroxylation sites is 1. The van der Waals surface area contributed by atoms with Gasteiger partial charge in [-0.25, -0.2) is 4.79 Å². The highest BCUT2D eigenvalue weighted by molar-refractivity contribution is 6.01. The minimum atomic E-state index is -1.08. The molecule has 0 bridgehead atoms. The number of aryl methyl sites for hydroxylation is 1. The summed E-state index contributed by atoms with van der Waals surface area (Å²) in [5.74, 6) is -1.43. The van der Waals surface area contributed by atoms with Crippen molar-refractivity contribution >= 4 is 40.9 Å². The SMILES string of the molecule is COCCOCC(=O)N[C@H](CC(=O)O)c1ccc(NC(=O)Cc2ccc(NC(=O)Nc3ccccc3C)c(OC)c2)cc1. The number of nitrogens with one attached hydrogen (secondary N) is 4. The van der Waals surface area contributed by atoms with E-state index >= 15 is 0 Å². The standard InChI is InChI=1S/C31H36N4O8/c1-20-6-4-5-7-24(20)34-31(40)35-25-13-8-21(16-27(25)42-3)17-28(36)32-23-11-9-22(10-12-23)26(18-30(38)39)33-29(37)19-43-15-14-41-2/h4-13,16,26H,14-15,17-19H2,1-3H3,(H,32,36)(H,33,37)(H,38,39)(H2,34,35,40)/t26-/m1/s1. The quantitative estimate of drug-likeness (QED) is 0.165. The fraction of sp³-hybridized carbons (Fsp3) is 0.290. The fourth-order valence-electron chi connectivity index (χ4n) is 4.10. The number of urea groups is 1. The van der Waals surface area contributed by atoms with E-state index < -0.39 is 23.9 Å². The number of ether oxygens (including phenoxy) is 3. The lowest BCUT2D eigenvalue weighted by molar-refractivity contribution is -0.138. The average Bonchev–Trinajstić information content (AvgIpc) is 2.97. The Kier molecular flexibility index (Phi) is 12.5. The molecule has 3 rings (SSSR count). The Morgan fingerprint density at radius 1 is 0.837 bits per heavy atom. The number of rotatable bonds is 15. The van der Waals surface area contributed by atoms with Gasteiger partial charge in [0.05, 0.1) is 44.9 Å². The monoisotopic (exact) mass is 592 g/mol. The molecular weight excluding hydrogens is 556 g/mol. The summed E-state index contributed by atoms with van der Waals surface area (Å²) in [5.41, 5.74) is 3.77. The minimum Gasteiger partial charge on any atom is -0.495 e. The van der Waals surface area contributed by atoms with Gasteiger partial charge in [-0.15, -0.1) is 0 Å². The van der Waals surface area contributed by atoms with Crippen LogP contribution >= 0.6 is 0 Å². The van der Waals surface area contributed by atoms with E-state index in [1.165, 1.54) is 14.2 Å². The van der Waals surface area contributed by atoms with Crippen LogP contribution in [0.25, 0.3) is 0 Å². The Labute approximate surface area is 249 Å². The smallest absolute Gasteiger partial charge is 0.323 e. The molecule has 0 saturated heterocycles. The first-order chi connectivity index (χ1) is 20.7. The molecular formula is C31H36N4O8. The number of methoxy groups -OCH3 is 2. The van der Waals surface area contributed by atoms with Crippen LogP contribution in [-0.4, -0.2) is 63.0 Å². The number of carboxylic acid groups (broad SMARTS) is 1. The molecule has 0 aliphatic carbocycles. The molecule has 0 aliphatic rings. The van der Waals surface area contributed by atoms with Crippen molar-refractivity contribution in [3.05, 3.63) is 83.4 Å². The molecule has 4 amide bonds. The van der Waals surface area contributed by atoms with Crippen LogP contribution in [0, 0.1) is 6.92 Å². The predicted octanol–water partition coefficient (Wildman–Crippen LogP) is 4.12. The molecule has 0 saturated carbocycles. The van der Waals surface area contributed by atoms with Gasteiger partial charge in [0, 0.05) is 18.5 Å². The van der Waals surface area contributed by atoms with Crippen LogP contribution in [0.1, 0.15) is 29.2 Å². The zero-order valence-electron chi connectivity index (χ0n) is 24.3. The van der Waals surface area contributed by atoms with Crippen LogP contribution in [0.15, 0.2) is 66.7 Å². The number of hydrogen-bond donors (Lipinski definition) is 5. The highest BCUT2D eigenvalue weighted by Gasteiger charge is 2.19. The van der Waals surface area contributed by atoms with E-state index in [-0.39, 0.29) is 32.0 Å². The van der Waals surface area contributed by atoms with Crippen molar-refractivity contribution in [2.24, 2.45) is 0 Å². The molecule has 228 valence electrons. The van der Waals surface area contributed by atoms with Gasteiger partial charge in [0.25, 0.3) is 0 Å². The van der Waals surface area contributed by atoms with Crippen LogP contribution in [0.3, 0.4) is 0 Å². The number of carbonyl (C=O) groups is 4. The average molecular weight is 593 g/mol. The molecule has 1 atom stereocenters. The second-order valence-corrected chi connectivity index (χ2v) is 9.54. The summed E-state index contributed by atoms with van der Waals surface area (Å²) in [6.45, 7) is 2.24. The maximum absolute atomic E-state index is 12.7. The Hall–Kier alpha value is -4.94. The molecule has 12 heteroatoms. The van der Waals surface area contributed by atoms with Crippen molar-refractivity contribution in [3.8, 4) is 5.75 Å². The maximum atomic E-state index is 12.7. The van der Waals surface area contributed by atoms with E-state index in [1.54, 1.807) is 48.5 Å². The van der Waals surface area contributed by atoms with E-state index in [4.69, 9.17) is 14.2 Å². The van der Waals surface area contributed by atoms with Crippen LogP contribution in [0.4, 0.5) is 21.9 Å². The molecule has 12 nitrogen and oxygen atoms in total. The summed E-state index contributed by atoms with van der Waals surface area (Å²) in [7, 11) is 2.99. The maximum Gasteiger partial charge on any atom is 0.323 e. The second kappa shape index (κ2) is 16.5. The largest absolute Gasteiger partial charge is 0.495 e. The number of hydrogen-bond acceptors (Lipinski definition) is 7. The predicted molar refractivity (Wildman–Crippen MR) is 161 cm³/mol. The Morgan fingerprint density at radius 2 is 1.56 bits per heavy atom. The first-order valence-electron chi connectivity index (χ1n) is 13.5. The molecule has 0 radical (unpaired) electrons. The number of aliphatic carboxylic acids is 1. The second-order valence-electron chi connectivity index (χ2n) is 9.54. The molecule has 3 aromatic carbocycles. The molecule has 0 spiro atoms. The lowest BCUT2D eigenvalue weighted by atomic mass is 10.0. The highest BCUT2D eigenvalue weighted by Crippen LogP contribution is 2.27. The summed E-state index contributed by atoms with van der Waals surface area (Å²) >= 11 is 0. The van der Waals surface area contributed by atoms with Gasteiger partial charge in [0.2, 0.25) is 11.8 Å². The van der Waals surface area contributed by atoms with E-state index in [9.17, 15) is 24.3 Å². The lowest BCUT2D eigenvalue weighted by Gasteiger charge is -2.18. The molecule has 43 heavy (non-hydrogen) atoms. The van der Waals surface area contributed by atoms with Crippen molar-refractivity contribution in [2.45, 2.75) is 25.8 Å². The van der Waals surface area contributed by atoms with Crippen molar-refractivity contribution in [1.29, 1.82) is 0 Å². The van der Waals surface area contributed by atoms with Crippen LogP contribution in [0.5, 0.6) is 5.75 Å². The van der Waals surface area contributed by atoms with E-state index in [0.29, 0.717) is 40.5 Å². The van der Waals surface area contributed by atoms with Crippen molar-refractivity contribution in [1.82, 2.24) is 5.32 Å². The molecule has 0 aliphatic heterocycles. The van der Waals surface area contributed by atoms with Crippen LogP contribution in [0.2, 0.25) is 0 Å². The molecule has 0 aromatic heterocycles. The molecule has 5 N–H and O–H groups in total. The number of carboxylic acids is 1. The summed E-state index contributed by atoms with van der Waals surface area (Å²) in [6.07, 6.45) is -0.287. The first kappa shape index (κ1) is 32.6. The zero-order chi connectivity index (χ0) is 31.2. The van der Waals surface area contributed by atoms with Crippen molar-refractivity contribution < 1.29 is 38.5 Å². The van der Waals surface area contributed by atoms with Crippen molar-refractivity contribution in [3.63, 3.8) is 0 Å². The molecule has 0 fully saturated rings. The van der Waals surface area contributed by atoms with E-state index in [0.717, 1.165) is 5.56 Å². The van der Waals surface area contributed by atoms with Gasteiger partial charge in [0.15, 0.2) is 0 Å². The first-order valence-corrected chi connectivity index (χ1v) is 13.5. The lowest BCUT2D eigenvalue weighted by Crippen LogP contribution is -2.33. The normalized spacial score (nSPS) is 11.2. The van der Waals surface area contributed by atoms with Gasteiger partial charge in [-0.3, -0.25) is 14.4 Å². The number of benzene rings is 3. The van der Waals surface area contributed by atoms with E-state index in [1.807, 2.05) is 25.1 Å². The summed E-state index contributed by atoms with van der Waals surface area (Å²) in [6, 6.07) is 17.8. The zero-order valence-corrected chi connectivity index (χ0v) is 24.3. The van der Waals surface area contributed by atoms with E-state index in [2.05, 4.69) is 21.3 Å². The van der Waals surface area contributed by atoms with Gasteiger partial charge in [-0.2, -0.15) is 0 Å². The Bertz CT molecular complexity index is 1410. The van der Waals surface area contributed by atoms with Gasteiger partial charge in [-0.1, -0.05) is 36.4 Å². The summed E-state index contributed by atoms with van der Waals surface area (Å²) < 4.78 is 15.5. The Morgan fingerprint density at radius 3 is 2.23 bits per heavy atom. The molecule has 0 unspecified atom stereocenters. The van der Waals surface area contributed by atoms with Gasteiger partial charge in [0.1, 0.15) is 12.4 Å². The third kappa shape index (κ3) is 10.8. The topological polar surface area (TPSA) is 164 Å². The molecule has 0 heterocycles. The fourth-order valence-corrected chi connectivity index (χ4v) is 4.10. The van der Waals surface area contributed by atoms with Crippen LogP contribution < -0.4 is 26.0 Å². The third-order valence-electron chi connectivity index (χ3n) is 6.25. The van der Waals surface area contributed by atoms with Gasteiger partial charge in [-0.05, 0) is 53.9 Å². The van der Waals surface area contributed by atoms with Crippen LogP contribution in [-0.2, 0) is 30.3 Å². The van der Waals surface area contributed by atoms with Gasteiger partial charge < -0.3 is 40.6 Å². The molecule has 3 aromatic rings. The number of carbonyl (C=O) groups excluding carboxylic acids is 3. The van der Waals surface area contributed by atoms with Gasteiger partial charge >= 0.3 is 12.0 Å². The number of anilines is 3. The summed E-state index contributed by atoms with van der Waals surface area (Å²) in [4.78, 5) is 48.8. The van der Waals surface area contributed by atoms with Crippen molar-refractivity contribution in [2.75, 3.05) is 50.0 Å². The summed E-state index contributed by atoms with van der Waals surface area (Å²) in [5, 5.41) is 20.3. The minimum absolute atomic E-state index is 0.0363. The highest BCUT2D eigenvalue weighted by atomic mass is 16.5. The third-order valence-corrected chi connectivity index (χ3v) is 6.25. The number of amides is 4. The Balaban J connectivity index is 1.57.